The Kier molecular flexibility index (Phi) is 4.52. The molecule has 1 aliphatic carbocycles. The molecule has 0 aromatic carbocycles. The molecule has 1 amide bonds. The summed E-state index contributed by atoms with van der Waals surface area (Å²) in [6, 6.07) is 3.89. The largest absolute Gasteiger partial charge is 0.385 e. The quantitative estimate of drug-likeness (QED) is 0.717. The van der Waals surface area contributed by atoms with Crippen LogP contribution >= 0.6 is 0 Å². The van der Waals surface area contributed by atoms with Gasteiger partial charge in [-0.15, -0.1) is 0 Å². The van der Waals surface area contributed by atoms with Crippen LogP contribution in [0.2, 0.25) is 0 Å². The van der Waals surface area contributed by atoms with Crippen molar-refractivity contribution < 1.29 is 9.53 Å². The van der Waals surface area contributed by atoms with Crippen LogP contribution in [0.15, 0.2) is 18.3 Å². The van der Waals surface area contributed by atoms with E-state index in [0.717, 1.165) is 38.2 Å². The molecule has 0 aliphatic heterocycles. The molecule has 1 saturated carbocycles. The molecule has 1 aromatic rings. The minimum Gasteiger partial charge on any atom is -0.385 e. The molecular weight excluding hydrogens is 230 g/mol. The summed E-state index contributed by atoms with van der Waals surface area (Å²) < 4.78 is 4.97. The van der Waals surface area contributed by atoms with Crippen molar-refractivity contribution >= 4 is 11.7 Å². The first-order valence-corrected chi connectivity index (χ1v) is 6.29. The molecule has 98 valence electrons. The number of rotatable bonds is 7. The molecule has 1 heterocycles. The van der Waals surface area contributed by atoms with Crippen molar-refractivity contribution in [2.45, 2.75) is 25.3 Å². The second-order valence-electron chi connectivity index (χ2n) is 4.45. The third kappa shape index (κ3) is 4.00. The van der Waals surface area contributed by atoms with Gasteiger partial charge in [-0.2, -0.15) is 0 Å². The van der Waals surface area contributed by atoms with Crippen molar-refractivity contribution in [3.63, 3.8) is 0 Å². The zero-order valence-electron chi connectivity index (χ0n) is 10.6. The Hall–Kier alpha value is -1.62. The minimum atomic E-state index is -0.0140. The molecule has 2 rings (SSSR count). The highest BCUT2D eigenvalue weighted by Crippen LogP contribution is 2.19. The van der Waals surface area contributed by atoms with E-state index >= 15 is 0 Å². The van der Waals surface area contributed by atoms with E-state index < -0.39 is 0 Å². The first-order chi connectivity index (χ1) is 8.79. The monoisotopic (exact) mass is 249 g/mol. The van der Waals surface area contributed by atoms with Crippen LogP contribution in [-0.4, -0.2) is 37.2 Å². The molecule has 0 atom stereocenters. The van der Waals surface area contributed by atoms with Crippen LogP contribution in [0.3, 0.4) is 0 Å². The molecule has 2 N–H and O–H groups in total. The number of methoxy groups -OCH3 is 1. The average Bonchev–Trinajstić information content (AvgIpc) is 3.19. The van der Waals surface area contributed by atoms with E-state index in [-0.39, 0.29) is 5.91 Å². The number of carbonyl (C=O) groups excluding carboxylic acids is 1. The molecule has 0 saturated heterocycles. The topological polar surface area (TPSA) is 63.2 Å². The Morgan fingerprint density at radius 2 is 2.39 bits per heavy atom. The van der Waals surface area contributed by atoms with E-state index in [2.05, 4.69) is 15.6 Å². The van der Waals surface area contributed by atoms with Crippen molar-refractivity contribution in [3.05, 3.63) is 23.9 Å². The van der Waals surface area contributed by atoms with Crippen molar-refractivity contribution in [1.82, 2.24) is 10.3 Å². The van der Waals surface area contributed by atoms with Crippen molar-refractivity contribution in [2.75, 3.05) is 25.6 Å². The highest BCUT2D eigenvalue weighted by atomic mass is 16.5. The minimum absolute atomic E-state index is 0.0140. The van der Waals surface area contributed by atoms with Crippen LogP contribution in [0, 0.1) is 0 Å². The van der Waals surface area contributed by atoms with E-state index in [4.69, 9.17) is 4.74 Å². The SMILES string of the molecule is COCCCNc1cc(C(=O)NC2CC2)ccn1. The molecule has 1 aromatic heterocycles. The van der Waals surface area contributed by atoms with Gasteiger partial charge in [-0.3, -0.25) is 4.79 Å². The first-order valence-electron chi connectivity index (χ1n) is 6.29. The second kappa shape index (κ2) is 6.35. The fourth-order valence-electron chi connectivity index (χ4n) is 1.60. The van der Waals surface area contributed by atoms with Crippen LogP contribution < -0.4 is 10.6 Å². The Labute approximate surface area is 107 Å². The number of amides is 1. The van der Waals surface area contributed by atoms with Gasteiger partial charge in [0.1, 0.15) is 5.82 Å². The molecule has 1 fully saturated rings. The van der Waals surface area contributed by atoms with Gasteiger partial charge in [-0.1, -0.05) is 0 Å². The van der Waals surface area contributed by atoms with Crippen LogP contribution in [0.5, 0.6) is 0 Å². The molecule has 0 unspecified atom stereocenters. The molecular formula is C13H19N3O2. The Morgan fingerprint density at radius 1 is 1.56 bits per heavy atom. The fraction of sp³-hybridized carbons (Fsp3) is 0.538. The lowest BCUT2D eigenvalue weighted by Crippen LogP contribution is -2.25. The fourth-order valence-corrected chi connectivity index (χ4v) is 1.60. The highest BCUT2D eigenvalue weighted by Gasteiger charge is 2.23. The maximum Gasteiger partial charge on any atom is 0.251 e. The summed E-state index contributed by atoms with van der Waals surface area (Å²) in [6.45, 7) is 1.50. The second-order valence-corrected chi connectivity index (χ2v) is 4.45. The molecule has 18 heavy (non-hydrogen) atoms. The summed E-state index contributed by atoms with van der Waals surface area (Å²) in [5.41, 5.74) is 0.658. The predicted molar refractivity (Wildman–Crippen MR) is 69.7 cm³/mol. The summed E-state index contributed by atoms with van der Waals surface area (Å²) >= 11 is 0. The molecule has 5 nitrogen and oxygen atoms in total. The Morgan fingerprint density at radius 3 is 3.11 bits per heavy atom. The van der Waals surface area contributed by atoms with Gasteiger partial charge in [0.05, 0.1) is 0 Å². The number of hydrogen-bond acceptors (Lipinski definition) is 4. The van der Waals surface area contributed by atoms with Gasteiger partial charge in [-0.25, -0.2) is 4.98 Å². The van der Waals surface area contributed by atoms with E-state index in [1.54, 1.807) is 25.4 Å². The smallest absolute Gasteiger partial charge is 0.251 e. The number of anilines is 1. The van der Waals surface area contributed by atoms with Crippen molar-refractivity contribution in [3.8, 4) is 0 Å². The number of ether oxygens (including phenoxy) is 1. The predicted octanol–water partition coefficient (Wildman–Crippen LogP) is 1.42. The maximum atomic E-state index is 11.8. The number of pyridine rings is 1. The number of carbonyl (C=O) groups is 1. The zero-order valence-corrected chi connectivity index (χ0v) is 10.6. The Bertz CT molecular complexity index is 405. The number of aromatic nitrogens is 1. The van der Waals surface area contributed by atoms with Gasteiger partial charge in [0, 0.05) is 38.1 Å². The number of hydrogen-bond donors (Lipinski definition) is 2. The van der Waals surface area contributed by atoms with Gasteiger partial charge < -0.3 is 15.4 Å². The molecule has 0 bridgehead atoms. The van der Waals surface area contributed by atoms with Crippen LogP contribution in [0.1, 0.15) is 29.6 Å². The summed E-state index contributed by atoms with van der Waals surface area (Å²) in [5, 5.41) is 6.13. The number of nitrogens with one attached hydrogen (secondary N) is 2. The third-order valence-corrected chi connectivity index (χ3v) is 2.77. The van der Waals surface area contributed by atoms with Gasteiger partial charge in [-0.05, 0) is 31.4 Å². The van der Waals surface area contributed by atoms with Gasteiger partial charge in [0.25, 0.3) is 5.91 Å². The molecule has 5 heteroatoms. The van der Waals surface area contributed by atoms with E-state index in [1.807, 2.05) is 0 Å². The maximum absolute atomic E-state index is 11.8. The molecule has 0 spiro atoms. The lowest BCUT2D eigenvalue weighted by atomic mass is 10.2. The van der Waals surface area contributed by atoms with E-state index in [0.29, 0.717) is 11.6 Å². The van der Waals surface area contributed by atoms with Gasteiger partial charge >= 0.3 is 0 Å². The summed E-state index contributed by atoms with van der Waals surface area (Å²) in [5.74, 6) is 0.717. The molecule has 1 aliphatic rings. The highest BCUT2D eigenvalue weighted by molar-refractivity contribution is 5.95. The summed E-state index contributed by atoms with van der Waals surface area (Å²) in [7, 11) is 1.68. The molecule has 0 radical (unpaired) electrons. The van der Waals surface area contributed by atoms with Crippen LogP contribution in [-0.2, 0) is 4.74 Å². The van der Waals surface area contributed by atoms with Crippen molar-refractivity contribution in [1.29, 1.82) is 0 Å². The van der Waals surface area contributed by atoms with Crippen LogP contribution in [0.4, 0.5) is 5.82 Å². The van der Waals surface area contributed by atoms with Crippen LogP contribution in [0.25, 0.3) is 0 Å². The summed E-state index contributed by atoms with van der Waals surface area (Å²) in [6.07, 6.45) is 4.76. The van der Waals surface area contributed by atoms with Gasteiger partial charge in [0.15, 0.2) is 0 Å². The average molecular weight is 249 g/mol. The van der Waals surface area contributed by atoms with E-state index in [1.165, 1.54) is 0 Å². The summed E-state index contributed by atoms with van der Waals surface area (Å²) in [4.78, 5) is 16.0. The standard InChI is InChI=1S/C13H19N3O2/c1-18-8-2-6-14-12-9-10(5-7-15-12)13(17)16-11-3-4-11/h5,7,9,11H,2-4,6,8H2,1H3,(H,14,15)(H,16,17). The van der Waals surface area contributed by atoms with E-state index in [9.17, 15) is 4.79 Å². The lowest BCUT2D eigenvalue weighted by Gasteiger charge is -2.07. The number of nitrogens with zero attached hydrogens (tertiary/aromatic N) is 1. The third-order valence-electron chi connectivity index (χ3n) is 2.77. The normalized spacial score (nSPS) is 14.3. The lowest BCUT2D eigenvalue weighted by molar-refractivity contribution is 0.0951. The Balaban J connectivity index is 1.85. The van der Waals surface area contributed by atoms with Crippen molar-refractivity contribution in [2.24, 2.45) is 0 Å². The zero-order chi connectivity index (χ0) is 12.8. The first kappa shape index (κ1) is 12.8. The van der Waals surface area contributed by atoms with Gasteiger partial charge in [0.2, 0.25) is 0 Å².